The predicted octanol–water partition coefficient (Wildman–Crippen LogP) is 2.22. The van der Waals surface area contributed by atoms with Crippen molar-refractivity contribution >= 4 is 11.9 Å². The number of furan rings is 1. The Labute approximate surface area is 112 Å². The van der Waals surface area contributed by atoms with Crippen LogP contribution in [0.5, 0.6) is 0 Å². The highest BCUT2D eigenvalue weighted by atomic mass is 16.4. The molecule has 104 valence electrons. The van der Waals surface area contributed by atoms with Crippen molar-refractivity contribution in [2.24, 2.45) is 5.41 Å². The molecule has 5 heteroatoms. The molecule has 0 radical (unpaired) electrons. The van der Waals surface area contributed by atoms with E-state index in [1.54, 1.807) is 6.07 Å². The quantitative estimate of drug-likeness (QED) is 0.855. The molecule has 0 atom stereocenters. The minimum Gasteiger partial charge on any atom is -0.481 e. The second kappa shape index (κ2) is 5.47. The van der Waals surface area contributed by atoms with Crippen LogP contribution < -0.4 is 5.32 Å². The van der Waals surface area contributed by atoms with E-state index in [0.29, 0.717) is 30.6 Å². The number of carbonyl (C=O) groups is 2. The first-order chi connectivity index (χ1) is 9.09. The monoisotopic (exact) mass is 265 g/mol. The van der Waals surface area contributed by atoms with Gasteiger partial charge in [0.05, 0.1) is 17.2 Å². The van der Waals surface area contributed by atoms with E-state index in [9.17, 15) is 14.7 Å². The SMILES string of the molecule is CCc1occc1C(=O)NCC1(C(=O)O)CCCC1. The number of nitrogens with one attached hydrogen (secondary N) is 1. The predicted molar refractivity (Wildman–Crippen MR) is 69.0 cm³/mol. The number of rotatable bonds is 5. The smallest absolute Gasteiger partial charge is 0.311 e. The molecular formula is C14H19NO4. The van der Waals surface area contributed by atoms with Crippen LogP contribution >= 0.6 is 0 Å². The fraction of sp³-hybridized carbons (Fsp3) is 0.571. The average Bonchev–Trinajstić information content (AvgIpc) is 3.05. The summed E-state index contributed by atoms with van der Waals surface area (Å²) in [6.45, 7) is 2.10. The topological polar surface area (TPSA) is 79.5 Å². The summed E-state index contributed by atoms with van der Waals surface area (Å²) in [6, 6.07) is 1.62. The number of carbonyl (C=O) groups excluding carboxylic acids is 1. The van der Waals surface area contributed by atoms with Crippen LogP contribution in [-0.2, 0) is 11.2 Å². The fourth-order valence-electron chi connectivity index (χ4n) is 2.68. The molecule has 19 heavy (non-hydrogen) atoms. The molecule has 0 saturated heterocycles. The van der Waals surface area contributed by atoms with Gasteiger partial charge in [0.15, 0.2) is 0 Å². The van der Waals surface area contributed by atoms with Crippen LogP contribution in [0.2, 0.25) is 0 Å². The van der Waals surface area contributed by atoms with Gasteiger partial charge in [-0.2, -0.15) is 0 Å². The zero-order chi connectivity index (χ0) is 13.9. The van der Waals surface area contributed by atoms with E-state index < -0.39 is 11.4 Å². The van der Waals surface area contributed by atoms with Crippen LogP contribution in [-0.4, -0.2) is 23.5 Å². The molecule has 1 aromatic heterocycles. The van der Waals surface area contributed by atoms with E-state index in [4.69, 9.17) is 4.42 Å². The van der Waals surface area contributed by atoms with Gasteiger partial charge in [-0.05, 0) is 18.9 Å². The molecule has 2 rings (SSSR count). The molecule has 5 nitrogen and oxygen atoms in total. The molecule has 0 aromatic carbocycles. The lowest BCUT2D eigenvalue weighted by atomic mass is 9.86. The van der Waals surface area contributed by atoms with Gasteiger partial charge in [0, 0.05) is 13.0 Å². The summed E-state index contributed by atoms with van der Waals surface area (Å²) >= 11 is 0. The zero-order valence-electron chi connectivity index (χ0n) is 11.1. The Bertz CT molecular complexity index is 472. The molecule has 1 aliphatic carbocycles. The third kappa shape index (κ3) is 2.64. The van der Waals surface area contributed by atoms with Crippen molar-refractivity contribution in [3.05, 3.63) is 23.7 Å². The van der Waals surface area contributed by atoms with Gasteiger partial charge in [-0.3, -0.25) is 9.59 Å². The van der Waals surface area contributed by atoms with Crippen molar-refractivity contribution in [2.75, 3.05) is 6.54 Å². The van der Waals surface area contributed by atoms with Crippen LogP contribution in [0, 0.1) is 5.41 Å². The summed E-state index contributed by atoms with van der Waals surface area (Å²) in [7, 11) is 0. The normalized spacial score (nSPS) is 17.3. The minimum atomic E-state index is -0.812. The van der Waals surface area contributed by atoms with E-state index in [2.05, 4.69) is 5.32 Å². The average molecular weight is 265 g/mol. The number of aliphatic carboxylic acids is 1. The molecule has 1 amide bonds. The molecule has 0 bridgehead atoms. The van der Waals surface area contributed by atoms with Crippen molar-refractivity contribution < 1.29 is 19.1 Å². The number of hydrogen-bond donors (Lipinski definition) is 2. The number of amides is 1. The molecule has 2 N–H and O–H groups in total. The summed E-state index contributed by atoms with van der Waals surface area (Å²) in [6.07, 6.45) is 5.21. The van der Waals surface area contributed by atoms with Gasteiger partial charge >= 0.3 is 5.97 Å². The highest BCUT2D eigenvalue weighted by molar-refractivity contribution is 5.95. The van der Waals surface area contributed by atoms with Crippen LogP contribution in [0.25, 0.3) is 0 Å². The molecule has 0 spiro atoms. The summed E-state index contributed by atoms with van der Waals surface area (Å²) in [5.41, 5.74) is -0.285. The summed E-state index contributed by atoms with van der Waals surface area (Å²) in [5, 5.41) is 12.1. The maximum atomic E-state index is 12.0. The second-order valence-electron chi connectivity index (χ2n) is 5.09. The number of aryl methyl sites for hydroxylation is 1. The third-order valence-electron chi connectivity index (χ3n) is 3.91. The van der Waals surface area contributed by atoms with E-state index >= 15 is 0 Å². The Morgan fingerprint density at radius 1 is 1.42 bits per heavy atom. The Morgan fingerprint density at radius 2 is 2.11 bits per heavy atom. The van der Waals surface area contributed by atoms with Gasteiger partial charge in [0.1, 0.15) is 5.76 Å². The standard InChI is InChI=1S/C14H19NO4/c1-2-11-10(5-8-19-11)12(16)15-9-14(13(17)18)6-3-4-7-14/h5,8H,2-4,6-7,9H2,1H3,(H,15,16)(H,17,18). The number of hydrogen-bond acceptors (Lipinski definition) is 3. The van der Waals surface area contributed by atoms with Crippen molar-refractivity contribution in [1.82, 2.24) is 5.32 Å². The summed E-state index contributed by atoms with van der Waals surface area (Å²) in [5.74, 6) is -0.431. The lowest BCUT2D eigenvalue weighted by Crippen LogP contribution is -2.41. The van der Waals surface area contributed by atoms with Crippen LogP contribution in [0.4, 0.5) is 0 Å². The van der Waals surface area contributed by atoms with Gasteiger partial charge in [-0.25, -0.2) is 0 Å². The van der Waals surface area contributed by atoms with Crippen molar-refractivity contribution in [3.63, 3.8) is 0 Å². The van der Waals surface area contributed by atoms with Gasteiger partial charge in [-0.1, -0.05) is 19.8 Å². The Morgan fingerprint density at radius 3 is 2.68 bits per heavy atom. The Kier molecular flexibility index (Phi) is 3.93. The van der Waals surface area contributed by atoms with Crippen molar-refractivity contribution in [3.8, 4) is 0 Å². The second-order valence-corrected chi connectivity index (χ2v) is 5.09. The lowest BCUT2D eigenvalue weighted by Gasteiger charge is -2.23. The molecule has 1 aliphatic rings. The molecule has 1 fully saturated rings. The van der Waals surface area contributed by atoms with E-state index in [1.807, 2.05) is 6.92 Å². The highest BCUT2D eigenvalue weighted by Crippen LogP contribution is 2.37. The highest BCUT2D eigenvalue weighted by Gasteiger charge is 2.41. The first-order valence-corrected chi connectivity index (χ1v) is 6.67. The Balaban J connectivity index is 2.02. The fourth-order valence-corrected chi connectivity index (χ4v) is 2.68. The van der Waals surface area contributed by atoms with Gasteiger partial charge in [0.25, 0.3) is 5.91 Å². The van der Waals surface area contributed by atoms with Crippen LogP contribution in [0.15, 0.2) is 16.7 Å². The zero-order valence-corrected chi connectivity index (χ0v) is 11.1. The largest absolute Gasteiger partial charge is 0.481 e. The van der Waals surface area contributed by atoms with E-state index in [0.717, 1.165) is 12.8 Å². The van der Waals surface area contributed by atoms with Crippen molar-refractivity contribution in [1.29, 1.82) is 0 Å². The summed E-state index contributed by atoms with van der Waals surface area (Å²) < 4.78 is 5.20. The molecule has 0 unspecified atom stereocenters. The number of carboxylic acid groups (broad SMARTS) is 1. The molecule has 1 saturated carbocycles. The number of carboxylic acids is 1. The third-order valence-corrected chi connectivity index (χ3v) is 3.91. The summed E-state index contributed by atoms with van der Waals surface area (Å²) in [4.78, 5) is 23.4. The molecule has 1 heterocycles. The van der Waals surface area contributed by atoms with Crippen LogP contribution in [0.3, 0.4) is 0 Å². The molecule has 0 aliphatic heterocycles. The lowest BCUT2D eigenvalue weighted by molar-refractivity contribution is -0.148. The first-order valence-electron chi connectivity index (χ1n) is 6.67. The van der Waals surface area contributed by atoms with E-state index in [-0.39, 0.29) is 12.5 Å². The molecular weight excluding hydrogens is 246 g/mol. The van der Waals surface area contributed by atoms with Gasteiger partial charge < -0.3 is 14.8 Å². The maximum Gasteiger partial charge on any atom is 0.311 e. The first kappa shape index (κ1) is 13.6. The maximum absolute atomic E-state index is 12.0. The Hall–Kier alpha value is -1.78. The van der Waals surface area contributed by atoms with Gasteiger partial charge in [0.2, 0.25) is 0 Å². The van der Waals surface area contributed by atoms with E-state index in [1.165, 1.54) is 6.26 Å². The minimum absolute atomic E-state index is 0.190. The van der Waals surface area contributed by atoms with Crippen molar-refractivity contribution in [2.45, 2.75) is 39.0 Å². The van der Waals surface area contributed by atoms with Crippen LogP contribution in [0.1, 0.15) is 48.7 Å². The van der Waals surface area contributed by atoms with Gasteiger partial charge in [-0.15, -0.1) is 0 Å². The molecule has 1 aromatic rings.